The van der Waals surface area contributed by atoms with E-state index in [1.165, 1.54) is 12.3 Å². The largest absolute Gasteiger partial charge is 0.394 e. The number of sulfone groups is 1. The first-order valence-corrected chi connectivity index (χ1v) is 7.76. The van der Waals surface area contributed by atoms with Gasteiger partial charge in [-0.05, 0) is 24.5 Å². The van der Waals surface area contributed by atoms with Gasteiger partial charge < -0.3 is 10.4 Å². The van der Waals surface area contributed by atoms with Gasteiger partial charge in [0.25, 0.3) is 0 Å². The van der Waals surface area contributed by atoms with E-state index in [9.17, 15) is 13.5 Å². The summed E-state index contributed by atoms with van der Waals surface area (Å²) in [6.07, 6.45) is 3.42. The van der Waals surface area contributed by atoms with Gasteiger partial charge in [-0.1, -0.05) is 13.8 Å². The number of hydrogen-bond acceptors (Lipinski definition) is 5. The maximum atomic E-state index is 11.6. The molecule has 0 aliphatic rings. The van der Waals surface area contributed by atoms with Crippen LogP contribution in [0, 0.1) is 5.92 Å². The average Bonchev–Trinajstić information content (AvgIpc) is 2.26. The molecule has 18 heavy (non-hydrogen) atoms. The Morgan fingerprint density at radius 1 is 1.44 bits per heavy atom. The third-order valence-corrected chi connectivity index (χ3v) is 3.62. The Hall–Kier alpha value is -1.14. The van der Waals surface area contributed by atoms with Gasteiger partial charge in [-0.25, -0.2) is 13.4 Å². The molecule has 1 aromatic rings. The van der Waals surface area contributed by atoms with Crippen LogP contribution in [0.1, 0.15) is 20.3 Å². The van der Waals surface area contributed by atoms with E-state index in [0.717, 1.165) is 12.7 Å². The monoisotopic (exact) mass is 272 g/mol. The summed E-state index contributed by atoms with van der Waals surface area (Å²) in [4.78, 5) is 4.20. The Balaban J connectivity index is 2.96. The number of aliphatic hydroxyl groups is 1. The molecule has 0 saturated heterocycles. The van der Waals surface area contributed by atoms with Gasteiger partial charge in [-0.15, -0.1) is 0 Å². The van der Waals surface area contributed by atoms with Crippen molar-refractivity contribution in [3.8, 4) is 0 Å². The molecule has 1 heterocycles. The molecule has 1 atom stereocenters. The molecule has 1 rings (SSSR count). The molecule has 0 aromatic carbocycles. The van der Waals surface area contributed by atoms with E-state index in [0.29, 0.717) is 11.7 Å². The van der Waals surface area contributed by atoms with Crippen LogP contribution in [0.3, 0.4) is 0 Å². The number of aliphatic hydroxyl groups excluding tert-OH is 1. The molecule has 1 aromatic heterocycles. The van der Waals surface area contributed by atoms with Gasteiger partial charge in [0.2, 0.25) is 0 Å². The van der Waals surface area contributed by atoms with Crippen molar-refractivity contribution < 1.29 is 13.5 Å². The molecule has 5 nitrogen and oxygen atoms in total. The first-order chi connectivity index (χ1) is 8.34. The maximum absolute atomic E-state index is 11.6. The van der Waals surface area contributed by atoms with Crippen LogP contribution in [0.2, 0.25) is 0 Å². The van der Waals surface area contributed by atoms with E-state index < -0.39 is 9.84 Å². The molecule has 0 spiro atoms. The summed E-state index contributed by atoms with van der Waals surface area (Å²) in [7, 11) is -3.32. The van der Waals surface area contributed by atoms with Crippen LogP contribution in [-0.2, 0) is 9.84 Å². The van der Waals surface area contributed by atoms with Gasteiger partial charge in [-0.3, -0.25) is 0 Å². The first-order valence-electron chi connectivity index (χ1n) is 5.87. The highest BCUT2D eigenvalue weighted by Gasteiger charge is 2.17. The average molecular weight is 272 g/mol. The van der Waals surface area contributed by atoms with E-state index in [1.807, 2.05) is 13.8 Å². The first kappa shape index (κ1) is 14.9. The summed E-state index contributed by atoms with van der Waals surface area (Å²) in [5, 5.41) is 12.3. The fourth-order valence-corrected chi connectivity index (χ4v) is 2.53. The molecule has 0 radical (unpaired) electrons. The third-order valence-electron chi connectivity index (χ3n) is 2.49. The molecule has 102 valence electrons. The number of rotatable bonds is 6. The summed E-state index contributed by atoms with van der Waals surface area (Å²) >= 11 is 0. The van der Waals surface area contributed by atoms with E-state index >= 15 is 0 Å². The van der Waals surface area contributed by atoms with Crippen molar-refractivity contribution in [1.82, 2.24) is 4.98 Å². The second-order valence-corrected chi connectivity index (χ2v) is 6.76. The smallest absolute Gasteiger partial charge is 0.179 e. The van der Waals surface area contributed by atoms with Crippen molar-refractivity contribution in [2.24, 2.45) is 5.92 Å². The summed E-state index contributed by atoms with van der Waals surface area (Å²) in [5.74, 6) is 0.708. The van der Waals surface area contributed by atoms with Gasteiger partial charge >= 0.3 is 0 Å². The van der Waals surface area contributed by atoms with Gasteiger partial charge in [-0.2, -0.15) is 0 Å². The Bertz CT molecular complexity index is 486. The van der Waals surface area contributed by atoms with Crippen molar-refractivity contribution in [3.05, 3.63) is 18.3 Å². The third kappa shape index (κ3) is 4.27. The highest BCUT2D eigenvalue weighted by atomic mass is 32.2. The molecular weight excluding hydrogens is 252 g/mol. The predicted octanol–water partition coefficient (Wildman–Crippen LogP) is 1.30. The minimum Gasteiger partial charge on any atom is -0.394 e. The highest BCUT2D eigenvalue weighted by molar-refractivity contribution is 7.90. The number of nitrogens with zero attached hydrogens (tertiary/aromatic N) is 1. The molecule has 0 fully saturated rings. The normalized spacial score (nSPS) is 13.6. The molecule has 2 N–H and O–H groups in total. The lowest BCUT2D eigenvalue weighted by Crippen LogP contribution is -2.27. The van der Waals surface area contributed by atoms with Crippen LogP contribution < -0.4 is 5.32 Å². The van der Waals surface area contributed by atoms with Gasteiger partial charge in [0, 0.05) is 12.5 Å². The zero-order chi connectivity index (χ0) is 13.8. The number of anilines is 1. The Morgan fingerprint density at radius 3 is 2.61 bits per heavy atom. The summed E-state index contributed by atoms with van der Waals surface area (Å²) in [6, 6.07) is 2.90. The Labute approximate surface area is 108 Å². The van der Waals surface area contributed by atoms with Crippen LogP contribution in [0.5, 0.6) is 0 Å². The van der Waals surface area contributed by atoms with Crippen LogP contribution in [0.15, 0.2) is 23.2 Å². The second-order valence-electron chi connectivity index (χ2n) is 4.78. The molecule has 0 aliphatic carbocycles. The SMILES string of the molecule is CC(C)CC(CO)Nc1ncccc1S(C)(=O)=O. The van der Waals surface area contributed by atoms with E-state index in [1.54, 1.807) is 6.07 Å². The molecule has 6 heteroatoms. The van der Waals surface area contributed by atoms with E-state index in [4.69, 9.17) is 0 Å². The minimum atomic E-state index is -3.32. The second kappa shape index (κ2) is 6.15. The van der Waals surface area contributed by atoms with E-state index in [2.05, 4.69) is 10.3 Å². The van der Waals surface area contributed by atoms with Crippen LogP contribution in [-0.4, -0.2) is 37.4 Å². The standard InChI is InChI=1S/C12H20N2O3S/c1-9(2)7-10(8-15)14-12-11(18(3,16)17)5-4-6-13-12/h4-6,9-10,15H,7-8H2,1-3H3,(H,13,14). The molecule has 0 amide bonds. The summed E-state index contributed by atoms with van der Waals surface area (Å²) in [6.45, 7) is 4.03. The van der Waals surface area contributed by atoms with Crippen molar-refractivity contribution in [2.75, 3.05) is 18.2 Å². The molecule has 0 bridgehead atoms. The Morgan fingerprint density at radius 2 is 2.11 bits per heavy atom. The lowest BCUT2D eigenvalue weighted by molar-refractivity contribution is 0.259. The molecular formula is C12H20N2O3S. The zero-order valence-corrected chi connectivity index (χ0v) is 11.7. The van der Waals surface area contributed by atoms with Crippen molar-refractivity contribution in [3.63, 3.8) is 0 Å². The maximum Gasteiger partial charge on any atom is 0.179 e. The number of aromatic nitrogens is 1. The van der Waals surface area contributed by atoms with Crippen molar-refractivity contribution in [1.29, 1.82) is 0 Å². The van der Waals surface area contributed by atoms with Crippen LogP contribution in [0.25, 0.3) is 0 Å². The topological polar surface area (TPSA) is 79.3 Å². The van der Waals surface area contributed by atoms with Crippen LogP contribution in [0.4, 0.5) is 5.82 Å². The lowest BCUT2D eigenvalue weighted by atomic mass is 10.0. The fourth-order valence-electron chi connectivity index (χ4n) is 1.74. The van der Waals surface area contributed by atoms with Gasteiger partial charge in [0.1, 0.15) is 10.7 Å². The van der Waals surface area contributed by atoms with Crippen molar-refractivity contribution >= 4 is 15.7 Å². The molecule has 0 saturated carbocycles. The molecule has 0 aliphatic heterocycles. The quantitative estimate of drug-likeness (QED) is 0.816. The lowest BCUT2D eigenvalue weighted by Gasteiger charge is -2.20. The summed E-state index contributed by atoms with van der Waals surface area (Å²) < 4.78 is 23.2. The van der Waals surface area contributed by atoms with Crippen LogP contribution >= 0.6 is 0 Å². The van der Waals surface area contributed by atoms with Gasteiger partial charge in [0.05, 0.1) is 12.6 Å². The van der Waals surface area contributed by atoms with E-state index in [-0.39, 0.29) is 17.5 Å². The fraction of sp³-hybridized carbons (Fsp3) is 0.583. The number of nitrogens with one attached hydrogen (secondary N) is 1. The number of pyridine rings is 1. The summed E-state index contributed by atoms with van der Waals surface area (Å²) in [5.41, 5.74) is 0. The number of hydrogen-bond donors (Lipinski definition) is 2. The zero-order valence-electron chi connectivity index (χ0n) is 10.9. The molecule has 1 unspecified atom stereocenters. The highest BCUT2D eigenvalue weighted by Crippen LogP contribution is 2.20. The van der Waals surface area contributed by atoms with Crippen molar-refractivity contribution in [2.45, 2.75) is 31.2 Å². The van der Waals surface area contributed by atoms with Gasteiger partial charge in [0.15, 0.2) is 9.84 Å². The predicted molar refractivity (Wildman–Crippen MR) is 71.3 cm³/mol. The Kier molecular flexibility index (Phi) is 5.10. The minimum absolute atomic E-state index is 0.0576.